The lowest BCUT2D eigenvalue weighted by Gasteiger charge is -2.34. The van der Waals surface area contributed by atoms with E-state index in [2.05, 4.69) is 34.4 Å². The van der Waals surface area contributed by atoms with E-state index in [0.29, 0.717) is 28.1 Å². The van der Waals surface area contributed by atoms with E-state index in [4.69, 9.17) is 11.6 Å². The number of piperidine rings is 1. The zero-order valence-corrected chi connectivity index (χ0v) is 21.5. The predicted octanol–water partition coefficient (Wildman–Crippen LogP) is 6.20. The molecule has 1 aromatic carbocycles. The van der Waals surface area contributed by atoms with E-state index in [-0.39, 0.29) is 30.1 Å². The zero-order valence-electron chi connectivity index (χ0n) is 19.1. The van der Waals surface area contributed by atoms with Crippen molar-refractivity contribution < 1.29 is 9.59 Å². The SMILES string of the molecule is CC(C)N1CCC(C(=O)Nc2ccc(-c3cccs3)cc2C(=O)Nc2ccc(Cl)cn2)CC1.Cl. The Morgan fingerprint density at radius 3 is 2.50 bits per heavy atom. The van der Waals surface area contributed by atoms with Crippen molar-refractivity contribution in [3.63, 3.8) is 0 Å². The van der Waals surface area contributed by atoms with E-state index in [1.807, 2.05) is 29.6 Å². The topological polar surface area (TPSA) is 74.3 Å². The van der Waals surface area contributed by atoms with E-state index in [9.17, 15) is 9.59 Å². The quantitative estimate of drug-likeness (QED) is 0.407. The zero-order chi connectivity index (χ0) is 23.4. The van der Waals surface area contributed by atoms with Gasteiger partial charge in [0.25, 0.3) is 5.91 Å². The number of carbonyl (C=O) groups excluding carboxylic acids is 2. The minimum atomic E-state index is -0.340. The molecule has 0 radical (unpaired) electrons. The van der Waals surface area contributed by atoms with Crippen molar-refractivity contribution in [2.75, 3.05) is 23.7 Å². The molecule has 3 aromatic rings. The molecule has 4 rings (SSSR count). The first kappa shape index (κ1) is 26.2. The van der Waals surface area contributed by atoms with Gasteiger partial charge in [-0.05, 0) is 81.1 Å². The van der Waals surface area contributed by atoms with Gasteiger partial charge in [-0.1, -0.05) is 23.7 Å². The molecule has 6 nitrogen and oxygen atoms in total. The van der Waals surface area contributed by atoms with Crippen LogP contribution in [0.4, 0.5) is 11.5 Å². The lowest BCUT2D eigenvalue weighted by atomic mass is 9.94. The Morgan fingerprint density at radius 2 is 1.88 bits per heavy atom. The Kier molecular flexibility index (Phi) is 9.08. The van der Waals surface area contributed by atoms with Crippen LogP contribution in [0, 0.1) is 5.92 Å². The highest BCUT2D eigenvalue weighted by atomic mass is 35.5. The Morgan fingerprint density at radius 1 is 1.12 bits per heavy atom. The number of rotatable bonds is 6. The third kappa shape index (κ3) is 6.36. The molecular formula is C25H28Cl2N4O2S. The van der Waals surface area contributed by atoms with Gasteiger partial charge in [0.2, 0.25) is 5.91 Å². The predicted molar refractivity (Wildman–Crippen MR) is 142 cm³/mol. The molecule has 0 unspecified atom stereocenters. The molecule has 0 spiro atoms. The van der Waals surface area contributed by atoms with Crippen LogP contribution in [0.2, 0.25) is 5.02 Å². The van der Waals surface area contributed by atoms with Crippen molar-refractivity contribution in [1.82, 2.24) is 9.88 Å². The molecule has 34 heavy (non-hydrogen) atoms. The number of benzene rings is 1. The Labute approximate surface area is 215 Å². The van der Waals surface area contributed by atoms with Crippen molar-refractivity contribution in [2.45, 2.75) is 32.7 Å². The molecule has 2 N–H and O–H groups in total. The second kappa shape index (κ2) is 11.8. The second-order valence-electron chi connectivity index (χ2n) is 8.45. The Balaban J connectivity index is 0.00000324. The maximum absolute atomic E-state index is 13.2. The largest absolute Gasteiger partial charge is 0.325 e. The van der Waals surface area contributed by atoms with Gasteiger partial charge in [-0.2, -0.15) is 0 Å². The number of amides is 2. The summed E-state index contributed by atoms with van der Waals surface area (Å²) in [6.45, 7) is 6.16. The van der Waals surface area contributed by atoms with Crippen LogP contribution in [0.15, 0.2) is 54.0 Å². The maximum atomic E-state index is 13.2. The van der Waals surface area contributed by atoms with Gasteiger partial charge in [0, 0.05) is 23.0 Å². The molecule has 1 fully saturated rings. The summed E-state index contributed by atoms with van der Waals surface area (Å²) in [6.07, 6.45) is 3.10. The summed E-state index contributed by atoms with van der Waals surface area (Å²) in [6, 6.07) is 13.3. The highest BCUT2D eigenvalue weighted by molar-refractivity contribution is 7.13. The molecule has 180 valence electrons. The van der Waals surface area contributed by atoms with E-state index in [1.54, 1.807) is 29.5 Å². The minimum Gasteiger partial charge on any atom is -0.325 e. The smallest absolute Gasteiger partial charge is 0.258 e. The fourth-order valence-electron chi connectivity index (χ4n) is 3.98. The van der Waals surface area contributed by atoms with Crippen LogP contribution in [0.1, 0.15) is 37.0 Å². The Bertz CT molecular complexity index is 1110. The van der Waals surface area contributed by atoms with Gasteiger partial charge in [-0.15, -0.1) is 23.7 Å². The first-order valence-electron chi connectivity index (χ1n) is 11.1. The minimum absolute atomic E-state index is 0. The molecule has 1 aliphatic heterocycles. The van der Waals surface area contributed by atoms with Crippen LogP contribution >= 0.6 is 35.3 Å². The molecule has 0 saturated carbocycles. The number of thiophene rings is 1. The number of likely N-dealkylation sites (tertiary alicyclic amines) is 1. The van der Waals surface area contributed by atoms with Crippen LogP contribution in [-0.2, 0) is 4.79 Å². The van der Waals surface area contributed by atoms with Gasteiger partial charge >= 0.3 is 0 Å². The number of anilines is 2. The molecule has 9 heteroatoms. The maximum Gasteiger partial charge on any atom is 0.258 e. The number of hydrogen-bond acceptors (Lipinski definition) is 5. The third-order valence-electron chi connectivity index (χ3n) is 5.93. The van der Waals surface area contributed by atoms with Gasteiger partial charge < -0.3 is 15.5 Å². The molecule has 3 heterocycles. The van der Waals surface area contributed by atoms with Gasteiger partial charge in [-0.25, -0.2) is 4.98 Å². The standard InChI is InChI=1S/C25H27ClN4O2S.ClH/c1-16(2)30-11-9-17(10-12-30)24(31)28-21-7-5-18(22-4-3-13-33-22)14-20(21)25(32)29-23-8-6-19(26)15-27-23;/h3-8,13-17H,9-12H2,1-2H3,(H,28,31)(H,27,29,32);1H. The van der Waals surface area contributed by atoms with E-state index >= 15 is 0 Å². The van der Waals surface area contributed by atoms with Gasteiger partial charge in [-0.3, -0.25) is 9.59 Å². The van der Waals surface area contributed by atoms with E-state index < -0.39 is 0 Å². The molecule has 0 bridgehead atoms. The van der Waals surface area contributed by atoms with Crippen molar-refractivity contribution in [3.05, 3.63) is 64.6 Å². The van der Waals surface area contributed by atoms with Crippen molar-refractivity contribution in [1.29, 1.82) is 0 Å². The first-order valence-corrected chi connectivity index (χ1v) is 12.3. The third-order valence-corrected chi connectivity index (χ3v) is 7.07. The highest BCUT2D eigenvalue weighted by Crippen LogP contribution is 2.30. The number of aromatic nitrogens is 1. The van der Waals surface area contributed by atoms with Crippen LogP contribution in [0.3, 0.4) is 0 Å². The first-order chi connectivity index (χ1) is 15.9. The van der Waals surface area contributed by atoms with Crippen LogP contribution < -0.4 is 10.6 Å². The fraction of sp³-hybridized carbons (Fsp3) is 0.320. The van der Waals surface area contributed by atoms with E-state index in [0.717, 1.165) is 36.4 Å². The molecule has 2 aromatic heterocycles. The van der Waals surface area contributed by atoms with Crippen LogP contribution in [0.25, 0.3) is 10.4 Å². The number of nitrogens with one attached hydrogen (secondary N) is 2. The average Bonchev–Trinajstić information content (AvgIpc) is 3.36. The molecule has 1 saturated heterocycles. The number of nitrogens with zero attached hydrogens (tertiary/aromatic N) is 2. The summed E-state index contributed by atoms with van der Waals surface area (Å²) >= 11 is 7.50. The van der Waals surface area contributed by atoms with Crippen LogP contribution in [0.5, 0.6) is 0 Å². The lowest BCUT2D eigenvalue weighted by molar-refractivity contribution is -0.121. The molecule has 0 aliphatic carbocycles. The molecular weight excluding hydrogens is 491 g/mol. The van der Waals surface area contributed by atoms with Gasteiger partial charge in [0.05, 0.1) is 16.3 Å². The van der Waals surface area contributed by atoms with E-state index in [1.165, 1.54) is 6.20 Å². The number of pyridine rings is 1. The molecule has 0 atom stereocenters. The number of hydrogen-bond donors (Lipinski definition) is 2. The normalized spacial score (nSPS) is 14.5. The highest BCUT2D eigenvalue weighted by Gasteiger charge is 2.27. The van der Waals surface area contributed by atoms with Crippen LogP contribution in [-0.4, -0.2) is 40.8 Å². The summed E-state index contributed by atoms with van der Waals surface area (Å²) in [5, 5.41) is 8.30. The van der Waals surface area contributed by atoms with Gasteiger partial charge in [0.15, 0.2) is 0 Å². The van der Waals surface area contributed by atoms with Crippen molar-refractivity contribution in [3.8, 4) is 10.4 Å². The molecule has 1 aliphatic rings. The summed E-state index contributed by atoms with van der Waals surface area (Å²) in [7, 11) is 0. The summed E-state index contributed by atoms with van der Waals surface area (Å²) < 4.78 is 0. The summed E-state index contributed by atoms with van der Waals surface area (Å²) in [5.74, 6) is -0.0517. The summed E-state index contributed by atoms with van der Waals surface area (Å²) in [4.78, 5) is 33.8. The lowest BCUT2D eigenvalue weighted by Crippen LogP contribution is -2.41. The van der Waals surface area contributed by atoms with Gasteiger partial charge in [0.1, 0.15) is 5.82 Å². The fourth-order valence-corrected chi connectivity index (χ4v) is 4.82. The second-order valence-corrected chi connectivity index (χ2v) is 9.83. The Hall–Kier alpha value is -2.45. The number of halogens is 2. The monoisotopic (exact) mass is 518 g/mol. The van der Waals surface area contributed by atoms with Crippen molar-refractivity contribution >= 4 is 58.7 Å². The average molecular weight is 519 g/mol. The molecule has 2 amide bonds. The number of carbonyl (C=O) groups is 2. The summed E-state index contributed by atoms with van der Waals surface area (Å²) in [5.41, 5.74) is 1.81. The van der Waals surface area contributed by atoms with Crippen molar-refractivity contribution in [2.24, 2.45) is 5.92 Å².